The molecule has 4 aromatic rings. The molecule has 31 heavy (non-hydrogen) atoms. The number of ether oxygens (including phenoxy) is 1. The third-order valence-electron chi connectivity index (χ3n) is 4.85. The Morgan fingerprint density at radius 2 is 1.87 bits per heavy atom. The van der Waals surface area contributed by atoms with Crippen LogP contribution in [0.15, 0.2) is 53.2 Å². The molecular formula is C21H20N8O2. The molecule has 3 aromatic heterocycles. The molecule has 3 heterocycles. The van der Waals surface area contributed by atoms with E-state index < -0.39 is 0 Å². The van der Waals surface area contributed by atoms with Crippen LogP contribution < -0.4 is 15.4 Å². The lowest BCUT2D eigenvalue weighted by molar-refractivity contribution is 0.298. The maximum absolute atomic E-state index is 5.90. The van der Waals surface area contributed by atoms with Crippen molar-refractivity contribution in [2.75, 3.05) is 24.3 Å². The van der Waals surface area contributed by atoms with Gasteiger partial charge in [-0.05, 0) is 43.0 Å². The fraction of sp³-hybridized carbons (Fsp3) is 0.238. The molecule has 1 aromatic carbocycles. The number of nitrogen functional groups attached to an aromatic ring is 1. The van der Waals surface area contributed by atoms with Crippen LogP contribution in [-0.4, -0.2) is 43.7 Å². The van der Waals surface area contributed by atoms with Crippen LogP contribution in [0, 0.1) is 5.92 Å². The molecule has 10 heteroatoms. The van der Waals surface area contributed by atoms with Gasteiger partial charge in [-0.15, -0.1) is 0 Å². The van der Waals surface area contributed by atoms with Gasteiger partial charge in [-0.2, -0.15) is 19.9 Å². The van der Waals surface area contributed by atoms with Gasteiger partial charge in [0, 0.05) is 12.7 Å². The quantitative estimate of drug-likeness (QED) is 0.479. The van der Waals surface area contributed by atoms with Gasteiger partial charge in [0.25, 0.3) is 5.89 Å². The molecule has 0 unspecified atom stereocenters. The van der Waals surface area contributed by atoms with E-state index in [1.165, 1.54) is 12.8 Å². The fourth-order valence-electron chi connectivity index (χ4n) is 2.91. The molecule has 2 N–H and O–H groups in total. The summed E-state index contributed by atoms with van der Waals surface area (Å²) in [5.74, 6) is 2.49. The van der Waals surface area contributed by atoms with E-state index in [9.17, 15) is 0 Å². The lowest BCUT2D eigenvalue weighted by Crippen LogP contribution is -2.15. The molecule has 0 saturated heterocycles. The first-order valence-corrected chi connectivity index (χ1v) is 9.89. The number of rotatable bonds is 7. The molecular weight excluding hydrogens is 396 g/mol. The third-order valence-corrected chi connectivity index (χ3v) is 4.85. The molecule has 0 aliphatic heterocycles. The van der Waals surface area contributed by atoms with Gasteiger partial charge in [-0.3, -0.25) is 0 Å². The van der Waals surface area contributed by atoms with Crippen molar-refractivity contribution in [3.05, 3.63) is 48.7 Å². The van der Waals surface area contributed by atoms with Crippen LogP contribution in [0.1, 0.15) is 12.8 Å². The average Bonchev–Trinajstić information content (AvgIpc) is 3.51. The molecule has 0 spiro atoms. The predicted octanol–water partition coefficient (Wildman–Crippen LogP) is 3.12. The van der Waals surface area contributed by atoms with Gasteiger partial charge >= 0.3 is 0 Å². The van der Waals surface area contributed by atoms with Crippen molar-refractivity contribution in [1.82, 2.24) is 30.1 Å². The Morgan fingerprint density at radius 1 is 1.03 bits per heavy atom. The second-order valence-electron chi connectivity index (χ2n) is 7.27. The van der Waals surface area contributed by atoms with Gasteiger partial charge < -0.3 is 19.9 Å². The van der Waals surface area contributed by atoms with E-state index in [4.69, 9.17) is 15.0 Å². The summed E-state index contributed by atoms with van der Waals surface area (Å²) in [5, 5.41) is 3.98. The molecule has 0 bridgehead atoms. The van der Waals surface area contributed by atoms with E-state index >= 15 is 0 Å². The second-order valence-corrected chi connectivity index (χ2v) is 7.27. The van der Waals surface area contributed by atoms with E-state index in [1.54, 1.807) is 17.2 Å². The maximum atomic E-state index is 5.90. The van der Waals surface area contributed by atoms with Gasteiger partial charge in [-0.25, -0.2) is 4.98 Å². The largest absolute Gasteiger partial charge is 0.492 e. The fourth-order valence-corrected chi connectivity index (χ4v) is 2.91. The highest BCUT2D eigenvalue weighted by molar-refractivity contribution is 5.59. The highest BCUT2D eigenvalue weighted by Gasteiger charge is 2.22. The monoisotopic (exact) mass is 416 g/mol. The zero-order valence-corrected chi connectivity index (χ0v) is 16.8. The van der Waals surface area contributed by atoms with Gasteiger partial charge in [0.1, 0.15) is 11.4 Å². The van der Waals surface area contributed by atoms with Crippen molar-refractivity contribution in [1.29, 1.82) is 0 Å². The summed E-state index contributed by atoms with van der Waals surface area (Å²) in [6.07, 6.45) is 4.12. The Morgan fingerprint density at radius 3 is 2.61 bits per heavy atom. The molecule has 5 rings (SSSR count). The van der Waals surface area contributed by atoms with Crippen molar-refractivity contribution >= 4 is 17.6 Å². The van der Waals surface area contributed by atoms with Crippen LogP contribution in [-0.2, 0) is 0 Å². The zero-order valence-electron chi connectivity index (χ0n) is 16.8. The van der Waals surface area contributed by atoms with Crippen LogP contribution in [0.25, 0.3) is 23.2 Å². The van der Waals surface area contributed by atoms with Crippen LogP contribution in [0.5, 0.6) is 5.75 Å². The SMILES string of the molecule is CN(c1ccccc1)c1nc(N)nc(-c2noc(-c3ccc(OCC4CC4)cn3)n2)n1. The minimum Gasteiger partial charge on any atom is -0.492 e. The van der Waals surface area contributed by atoms with Crippen molar-refractivity contribution in [2.24, 2.45) is 5.92 Å². The summed E-state index contributed by atoms with van der Waals surface area (Å²) in [6, 6.07) is 13.3. The Labute approximate surface area is 178 Å². The van der Waals surface area contributed by atoms with E-state index in [1.807, 2.05) is 43.4 Å². The normalized spacial score (nSPS) is 13.2. The number of pyridine rings is 1. The highest BCUT2D eigenvalue weighted by Crippen LogP contribution is 2.30. The first-order chi connectivity index (χ1) is 15.2. The molecule has 156 valence electrons. The lowest BCUT2D eigenvalue weighted by Gasteiger charge is -2.17. The van der Waals surface area contributed by atoms with Gasteiger partial charge in [0.2, 0.25) is 23.5 Å². The Bertz CT molecular complexity index is 1180. The minimum absolute atomic E-state index is 0.0596. The molecule has 1 saturated carbocycles. The Kier molecular flexibility index (Phi) is 4.87. The number of benzene rings is 1. The highest BCUT2D eigenvalue weighted by atomic mass is 16.5. The van der Waals surface area contributed by atoms with Crippen LogP contribution in [0.2, 0.25) is 0 Å². The minimum atomic E-state index is 0.0596. The average molecular weight is 416 g/mol. The van der Waals surface area contributed by atoms with Crippen LogP contribution in [0.3, 0.4) is 0 Å². The Hall–Kier alpha value is -4.08. The molecule has 0 atom stereocenters. The van der Waals surface area contributed by atoms with Crippen LogP contribution >= 0.6 is 0 Å². The standard InChI is InChI=1S/C21H20N8O2/c1-29(14-5-3-2-4-6-14)21-26-17(25-20(22)27-21)18-24-19(31-28-18)16-10-9-15(11-23-16)30-12-13-7-8-13/h2-6,9-11,13H,7-8,12H2,1H3,(H2,22,25,26,27). The Balaban J connectivity index is 1.37. The number of nitrogens with zero attached hydrogens (tertiary/aromatic N) is 7. The third kappa shape index (κ3) is 4.27. The predicted molar refractivity (Wildman–Crippen MR) is 113 cm³/mol. The smallest absolute Gasteiger partial charge is 0.276 e. The van der Waals surface area contributed by atoms with E-state index in [2.05, 4.69) is 30.1 Å². The lowest BCUT2D eigenvalue weighted by atomic mass is 10.3. The summed E-state index contributed by atoms with van der Waals surface area (Å²) < 4.78 is 11.1. The number of hydrogen-bond donors (Lipinski definition) is 1. The summed E-state index contributed by atoms with van der Waals surface area (Å²) in [4.78, 5) is 23.3. The zero-order chi connectivity index (χ0) is 21.2. The number of para-hydroxylation sites is 1. The number of aromatic nitrogens is 6. The molecule has 1 fully saturated rings. The van der Waals surface area contributed by atoms with Crippen molar-refractivity contribution < 1.29 is 9.26 Å². The van der Waals surface area contributed by atoms with Crippen molar-refractivity contribution in [2.45, 2.75) is 12.8 Å². The van der Waals surface area contributed by atoms with Gasteiger partial charge in [0.05, 0.1) is 12.8 Å². The first-order valence-electron chi connectivity index (χ1n) is 9.89. The second kappa shape index (κ2) is 7.98. The van der Waals surface area contributed by atoms with E-state index in [-0.39, 0.29) is 23.5 Å². The van der Waals surface area contributed by atoms with Crippen LogP contribution in [0.4, 0.5) is 17.6 Å². The number of hydrogen-bond acceptors (Lipinski definition) is 10. The summed E-state index contributed by atoms with van der Waals surface area (Å²) in [7, 11) is 1.84. The molecule has 1 aliphatic carbocycles. The molecule has 10 nitrogen and oxygen atoms in total. The van der Waals surface area contributed by atoms with Gasteiger partial charge in [0.15, 0.2) is 0 Å². The molecule has 0 radical (unpaired) electrons. The summed E-state index contributed by atoms with van der Waals surface area (Å²) in [5.41, 5.74) is 7.33. The topological polar surface area (TPSA) is 129 Å². The number of nitrogens with two attached hydrogens (primary N) is 1. The first kappa shape index (κ1) is 18.9. The summed E-state index contributed by atoms with van der Waals surface area (Å²) in [6.45, 7) is 0.728. The molecule has 0 amide bonds. The van der Waals surface area contributed by atoms with E-state index in [0.29, 0.717) is 23.3 Å². The molecule has 1 aliphatic rings. The van der Waals surface area contributed by atoms with E-state index in [0.717, 1.165) is 12.3 Å². The van der Waals surface area contributed by atoms with Crippen molar-refractivity contribution in [3.63, 3.8) is 0 Å². The van der Waals surface area contributed by atoms with Gasteiger partial charge in [-0.1, -0.05) is 23.4 Å². The summed E-state index contributed by atoms with van der Waals surface area (Å²) >= 11 is 0. The van der Waals surface area contributed by atoms with Crippen molar-refractivity contribution in [3.8, 4) is 29.0 Å². The maximum Gasteiger partial charge on any atom is 0.276 e. The number of anilines is 3.